The van der Waals surface area contributed by atoms with Gasteiger partial charge in [0.1, 0.15) is 5.82 Å². The summed E-state index contributed by atoms with van der Waals surface area (Å²) >= 11 is 0. The smallest absolute Gasteiger partial charge is 0.355 e. The predicted molar refractivity (Wildman–Crippen MR) is 84.9 cm³/mol. The highest BCUT2D eigenvalue weighted by Crippen LogP contribution is 2.42. The first-order chi connectivity index (χ1) is 9.34. The topological polar surface area (TPSA) is 42.1 Å². The second-order valence-corrected chi connectivity index (χ2v) is 5.92. The third-order valence-corrected chi connectivity index (χ3v) is 4.23. The molecule has 1 aliphatic carbocycles. The highest BCUT2D eigenvalue weighted by Gasteiger charge is 2.41. The number of aromatic nitrogens is 1. The molecule has 2 N–H and O–H groups in total. The predicted octanol–water partition coefficient (Wildman–Crippen LogP) is 3.43. The number of halogens is 5. The van der Waals surface area contributed by atoms with Crippen LogP contribution in [0.5, 0.6) is 0 Å². The Morgan fingerprint density at radius 3 is 2.36 bits per heavy atom. The Morgan fingerprint density at radius 1 is 1.18 bits per heavy atom. The fraction of sp³-hybridized carbons (Fsp3) is 0.643. The van der Waals surface area contributed by atoms with E-state index >= 15 is 0 Å². The first-order valence-corrected chi connectivity index (χ1v) is 6.91. The molecule has 2 atom stereocenters. The molecule has 2 aliphatic rings. The molecule has 22 heavy (non-hydrogen) atoms. The fourth-order valence-corrected chi connectivity index (χ4v) is 3.04. The van der Waals surface area contributed by atoms with Crippen LogP contribution in [0.25, 0.3) is 0 Å². The summed E-state index contributed by atoms with van der Waals surface area (Å²) in [5.74, 6) is 1.45. The second-order valence-electron chi connectivity index (χ2n) is 5.92. The molecular formula is C14H20Cl2F3N3. The number of hydrogen-bond donors (Lipinski definition) is 1. The molecule has 0 unspecified atom stereocenters. The molecule has 0 aromatic carbocycles. The largest absolute Gasteiger partial charge is 0.416 e. The van der Waals surface area contributed by atoms with Crippen LogP contribution in [0, 0.1) is 18.8 Å². The van der Waals surface area contributed by atoms with Crippen molar-refractivity contribution in [3.63, 3.8) is 0 Å². The first kappa shape index (κ1) is 19.3. The maximum atomic E-state index is 12.9. The van der Waals surface area contributed by atoms with E-state index in [1.54, 1.807) is 6.92 Å². The summed E-state index contributed by atoms with van der Waals surface area (Å²) in [7, 11) is 0. The van der Waals surface area contributed by atoms with E-state index in [0.29, 0.717) is 29.9 Å². The Labute approximate surface area is 140 Å². The zero-order valence-electron chi connectivity index (χ0n) is 12.1. The molecule has 0 bridgehead atoms. The van der Waals surface area contributed by atoms with Gasteiger partial charge in [0.2, 0.25) is 0 Å². The number of hydrogen-bond acceptors (Lipinski definition) is 3. The minimum absolute atomic E-state index is 0. The number of aryl methyl sites for hydroxylation is 1. The van der Waals surface area contributed by atoms with Gasteiger partial charge in [0.25, 0.3) is 0 Å². The van der Waals surface area contributed by atoms with Gasteiger partial charge < -0.3 is 10.6 Å². The molecule has 0 radical (unpaired) electrons. The van der Waals surface area contributed by atoms with E-state index in [1.807, 2.05) is 4.90 Å². The van der Waals surface area contributed by atoms with Crippen LogP contribution in [-0.4, -0.2) is 24.1 Å². The van der Waals surface area contributed by atoms with E-state index in [1.165, 1.54) is 12.8 Å². The van der Waals surface area contributed by atoms with Crippen LogP contribution in [0.2, 0.25) is 0 Å². The number of nitrogens with two attached hydrogens (primary N) is 1. The van der Waals surface area contributed by atoms with Gasteiger partial charge in [0.05, 0.1) is 5.56 Å². The van der Waals surface area contributed by atoms with Crippen molar-refractivity contribution in [2.45, 2.75) is 32.0 Å². The lowest BCUT2D eigenvalue weighted by molar-refractivity contribution is -0.137. The Bertz CT molecular complexity index is 521. The van der Waals surface area contributed by atoms with Gasteiger partial charge in [-0.15, -0.1) is 24.8 Å². The van der Waals surface area contributed by atoms with E-state index in [4.69, 9.17) is 5.73 Å². The maximum absolute atomic E-state index is 12.9. The number of rotatable bonds is 2. The summed E-state index contributed by atoms with van der Waals surface area (Å²) in [5.41, 5.74) is 5.87. The lowest BCUT2D eigenvalue weighted by Crippen LogP contribution is -2.30. The molecule has 3 nitrogen and oxygen atoms in total. The van der Waals surface area contributed by atoms with Crippen molar-refractivity contribution in [3.8, 4) is 0 Å². The summed E-state index contributed by atoms with van der Waals surface area (Å²) in [6.07, 6.45) is -1.94. The highest BCUT2D eigenvalue weighted by molar-refractivity contribution is 5.85. The first-order valence-electron chi connectivity index (χ1n) is 6.91. The monoisotopic (exact) mass is 357 g/mol. The van der Waals surface area contributed by atoms with Crippen LogP contribution in [-0.2, 0) is 6.18 Å². The molecule has 126 valence electrons. The number of pyridine rings is 1. The highest BCUT2D eigenvalue weighted by atomic mass is 35.5. The van der Waals surface area contributed by atoms with E-state index in [2.05, 4.69) is 4.98 Å². The molecule has 0 spiro atoms. The quantitative estimate of drug-likeness (QED) is 0.881. The summed E-state index contributed by atoms with van der Waals surface area (Å²) < 4.78 is 38.6. The summed E-state index contributed by atoms with van der Waals surface area (Å²) in [4.78, 5) is 6.15. The molecule has 1 saturated heterocycles. The summed E-state index contributed by atoms with van der Waals surface area (Å²) in [6.45, 7) is 2.90. The molecule has 8 heteroatoms. The van der Waals surface area contributed by atoms with Gasteiger partial charge in [0.15, 0.2) is 0 Å². The van der Waals surface area contributed by atoms with E-state index < -0.39 is 11.7 Å². The Hall–Kier alpha value is -0.720. The third kappa shape index (κ3) is 3.97. The molecule has 0 amide bonds. The van der Waals surface area contributed by atoms with Crippen LogP contribution in [0.3, 0.4) is 0 Å². The Balaban J connectivity index is 0.00000121. The van der Waals surface area contributed by atoms with Crippen LogP contribution >= 0.6 is 24.8 Å². The van der Waals surface area contributed by atoms with Crippen molar-refractivity contribution in [1.29, 1.82) is 0 Å². The number of anilines is 1. The van der Waals surface area contributed by atoms with Crippen molar-refractivity contribution < 1.29 is 13.2 Å². The standard InChI is InChI=1S/C14H18F3N3.2ClH/c1-8-4-10(14(15,16)17)5-13(19-8)20-6-11(9-2-3-9)12(18)7-20;;/h4-5,9,11-12H,2-3,6-7,18H2,1H3;2*1H/t11-,12+;;/m1../s1. The maximum Gasteiger partial charge on any atom is 0.416 e. The number of alkyl halides is 3. The SMILES string of the molecule is Cc1cc(C(F)(F)F)cc(N2C[C@H](C3CC3)[C@@H](N)C2)n1.Cl.Cl. The van der Waals surface area contributed by atoms with Gasteiger partial charge >= 0.3 is 6.18 Å². The second kappa shape index (κ2) is 6.81. The molecule has 1 saturated carbocycles. The minimum Gasteiger partial charge on any atom is -0.355 e. The van der Waals surface area contributed by atoms with Crippen molar-refractivity contribution in [2.75, 3.05) is 18.0 Å². The average Bonchev–Trinajstić information content (AvgIpc) is 3.11. The van der Waals surface area contributed by atoms with Crippen LogP contribution < -0.4 is 10.6 Å². The van der Waals surface area contributed by atoms with E-state index in [0.717, 1.165) is 18.7 Å². The molecule has 1 aromatic heterocycles. The fourth-order valence-electron chi connectivity index (χ4n) is 3.04. The summed E-state index contributed by atoms with van der Waals surface area (Å²) in [5, 5.41) is 0. The van der Waals surface area contributed by atoms with Gasteiger partial charge in [-0.2, -0.15) is 13.2 Å². The lowest BCUT2D eigenvalue weighted by atomic mass is 9.99. The minimum atomic E-state index is -4.33. The van der Waals surface area contributed by atoms with E-state index in [-0.39, 0.29) is 30.9 Å². The number of nitrogens with zero attached hydrogens (tertiary/aromatic N) is 2. The van der Waals surface area contributed by atoms with Gasteiger partial charge in [0, 0.05) is 24.8 Å². The van der Waals surface area contributed by atoms with Crippen LogP contribution in [0.4, 0.5) is 19.0 Å². The van der Waals surface area contributed by atoms with Crippen molar-refractivity contribution in [2.24, 2.45) is 17.6 Å². The van der Waals surface area contributed by atoms with Gasteiger partial charge in [-0.05, 0) is 43.7 Å². The summed E-state index contributed by atoms with van der Waals surface area (Å²) in [6, 6.07) is 2.26. The van der Waals surface area contributed by atoms with Crippen LogP contribution in [0.1, 0.15) is 24.1 Å². The lowest BCUT2D eigenvalue weighted by Gasteiger charge is -2.19. The van der Waals surface area contributed by atoms with Gasteiger partial charge in [-0.1, -0.05) is 0 Å². The molecule has 2 fully saturated rings. The Morgan fingerprint density at radius 2 is 1.82 bits per heavy atom. The molecule has 1 aromatic rings. The van der Waals surface area contributed by atoms with Crippen molar-refractivity contribution in [1.82, 2.24) is 4.98 Å². The molecule has 2 heterocycles. The zero-order valence-corrected chi connectivity index (χ0v) is 13.8. The molecular weight excluding hydrogens is 338 g/mol. The normalized spacial score (nSPS) is 24.7. The zero-order chi connectivity index (χ0) is 14.5. The van der Waals surface area contributed by atoms with Crippen molar-refractivity contribution in [3.05, 3.63) is 23.4 Å². The van der Waals surface area contributed by atoms with E-state index in [9.17, 15) is 13.2 Å². The Kier molecular flexibility index (Phi) is 5.98. The van der Waals surface area contributed by atoms with Crippen LogP contribution in [0.15, 0.2) is 12.1 Å². The third-order valence-electron chi connectivity index (χ3n) is 4.23. The van der Waals surface area contributed by atoms with Gasteiger partial charge in [-0.3, -0.25) is 0 Å². The molecule has 3 rings (SSSR count). The van der Waals surface area contributed by atoms with Crippen molar-refractivity contribution >= 4 is 30.6 Å². The average molecular weight is 358 g/mol. The van der Waals surface area contributed by atoms with Gasteiger partial charge in [-0.25, -0.2) is 4.98 Å². The molecule has 1 aliphatic heterocycles.